The Morgan fingerprint density at radius 1 is 1.12 bits per heavy atom. The fraction of sp³-hybridized carbons (Fsp3) is 0.105. The number of hydrogen-bond donors (Lipinski definition) is 1. The van der Waals surface area contributed by atoms with Crippen LogP contribution in [-0.4, -0.2) is 15.0 Å². The van der Waals surface area contributed by atoms with Crippen LogP contribution in [0.1, 0.15) is 11.6 Å². The Bertz CT molecular complexity index is 1080. The molecule has 0 atom stereocenters. The molecule has 2 aromatic carbocycles. The van der Waals surface area contributed by atoms with Crippen LogP contribution in [0.4, 0.5) is 10.2 Å². The van der Waals surface area contributed by atoms with E-state index < -0.39 is 0 Å². The lowest BCUT2D eigenvalue weighted by Crippen LogP contribution is -2.03. The molecule has 0 radical (unpaired) electrons. The van der Waals surface area contributed by atoms with E-state index in [1.165, 1.54) is 18.5 Å². The highest BCUT2D eigenvalue weighted by Gasteiger charge is 2.12. The second-order valence-electron chi connectivity index (χ2n) is 5.77. The zero-order valence-electron chi connectivity index (χ0n) is 13.8. The summed E-state index contributed by atoms with van der Waals surface area (Å²) in [5.74, 6) is 1.39. The molecule has 0 aliphatic rings. The number of fused-ring (bicyclic) bond motifs is 1. The van der Waals surface area contributed by atoms with Crippen LogP contribution in [0.3, 0.4) is 0 Å². The van der Waals surface area contributed by atoms with Gasteiger partial charge in [0.05, 0.1) is 17.8 Å². The van der Waals surface area contributed by atoms with Crippen LogP contribution in [0.15, 0.2) is 53.2 Å². The van der Waals surface area contributed by atoms with E-state index >= 15 is 0 Å². The van der Waals surface area contributed by atoms with Gasteiger partial charge in [0.15, 0.2) is 5.76 Å². The largest absolute Gasteiger partial charge is 0.438 e. The van der Waals surface area contributed by atoms with Gasteiger partial charge >= 0.3 is 0 Å². The van der Waals surface area contributed by atoms with Crippen molar-refractivity contribution in [2.75, 3.05) is 5.32 Å². The molecule has 0 aliphatic carbocycles. The van der Waals surface area contributed by atoms with Gasteiger partial charge < -0.3 is 9.73 Å². The number of nitrogens with zero attached hydrogens (tertiary/aromatic N) is 3. The standard InChI is InChI=1S/C19H14ClFN4O/c1-11-18(12-2-4-13(20)5-3-12)26-17(25-11)9-22-19-15-8-14(21)6-7-16(15)23-10-24-19/h2-8,10H,9H2,1H3,(H,22,23,24). The van der Waals surface area contributed by atoms with Crippen LogP contribution in [0.2, 0.25) is 5.02 Å². The van der Waals surface area contributed by atoms with Crippen molar-refractivity contribution < 1.29 is 8.81 Å². The molecule has 0 saturated heterocycles. The molecule has 130 valence electrons. The van der Waals surface area contributed by atoms with Crippen molar-refractivity contribution in [2.24, 2.45) is 0 Å². The number of hydrogen-bond acceptors (Lipinski definition) is 5. The highest BCUT2D eigenvalue weighted by Crippen LogP contribution is 2.26. The van der Waals surface area contributed by atoms with Crippen LogP contribution in [-0.2, 0) is 6.54 Å². The minimum atomic E-state index is -0.340. The lowest BCUT2D eigenvalue weighted by atomic mass is 10.1. The fourth-order valence-electron chi connectivity index (χ4n) is 2.73. The van der Waals surface area contributed by atoms with Crippen molar-refractivity contribution in [1.29, 1.82) is 0 Å². The van der Waals surface area contributed by atoms with E-state index in [4.69, 9.17) is 16.0 Å². The van der Waals surface area contributed by atoms with Gasteiger partial charge in [-0.05, 0) is 49.4 Å². The Hall–Kier alpha value is -2.99. The van der Waals surface area contributed by atoms with Gasteiger partial charge in [-0.25, -0.2) is 19.3 Å². The number of aromatic nitrogens is 3. The van der Waals surface area contributed by atoms with E-state index in [1.54, 1.807) is 18.2 Å². The summed E-state index contributed by atoms with van der Waals surface area (Å²) in [4.78, 5) is 12.8. The molecule has 2 aromatic heterocycles. The number of oxazole rings is 1. The summed E-state index contributed by atoms with van der Waals surface area (Å²) in [7, 11) is 0. The molecule has 5 nitrogen and oxygen atoms in total. The second-order valence-corrected chi connectivity index (χ2v) is 6.20. The highest BCUT2D eigenvalue weighted by molar-refractivity contribution is 6.30. The minimum absolute atomic E-state index is 0.317. The van der Waals surface area contributed by atoms with Crippen LogP contribution in [0.25, 0.3) is 22.2 Å². The van der Waals surface area contributed by atoms with Crippen LogP contribution < -0.4 is 5.32 Å². The number of halogens is 2. The number of benzene rings is 2. The lowest BCUT2D eigenvalue weighted by molar-refractivity contribution is 0.515. The summed E-state index contributed by atoms with van der Waals surface area (Å²) in [6, 6.07) is 11.8. The van der Waals surface area contributed by atoms with Crippen LogP contribution in [0, 0.1) is 12.7 Å². The molecule has 26 heavy (non-hydrogen) atoms. The van der Waals surface area contributed by atoms with Crippen molar-refractivity contribution in [3.63, 3.8) is 0 Å². The molecule has 2 heterocycles. The average Bonchev–Trinajstić information content (AvgIpc) is 3.01. The smallest absolute Gasteiger partial charge is 0.214 e. The molecule has 1 N–H and O–H groups in total. The van der Waals surface area contributed by atoms with Gasteiger partial charge in [-0.3, -0.25) is 0 Å². The van der Waals surface area contributed by atoms with Crippen molar-refractivity contribution in [3.05, 3.63) is 71.2 Å². The van der Waals surface area contributed by atoms with Crippen molar-refractivity contribution >= 4 is 28.3 Å². The number of rotatable bonds is 4. The first kappa shape index (κ1) is 16.5. The topological polar surface area (TPSA) is 63.8 Å². The summed E-state index contributed by atoms with van der Waals surface area (Å²) < 4.78 is 19.4. The third-order valence-corrected chi connectivity index (χ3v) is 4.20. The molecule has 0 fully saturated rings. The van der Waals surface area contributed by atoms with Gasteiger partial charge in [-0.2, -0.15) is 0 Å². The molecular formula is C19H14ClFN4O. The zero-order valence-corrected chi connectivity index (χ0v) is 14.6. The summed E-state index contributed by atoms with van der Waals surface area (Å²) >= 11 is 5.93. The molecule has 0 aliphatic heterocycles. The maximum Gasteiger partial charge on any atom is 0.214 e. The molecule has 4 aromatic rings. The first-order chi connectivity index (χ1) is 12.6. The fourth-order valence-corrected chi connectivity index (χ4v) is 2.85. The third kappa shape index (κ3) is 3.23. The number of aryl methyl sites for hydroxylation is 1. The van der Waals surface area contributed by atoms with E-state index in [0.29, 0.717) is 39.9 Å². The second kappa shape index (κ2) is 6.72. The molecule has 0 unspecified atom stereocenters. The van der Waals surface area contributed by atoms with Crippen LogP contribution in [0.5, 0.6) is 0 Å². The Morgan fingerprint density at radius 3 is 2.73 bits per heavy atom. The SMILES string of the molecule is Cc1nc(CNc2ncnc3ccc(F)cc23)oc1-c1ccc(Cl)cc1. The van der Waals surface area contributed by atoms with E-state index in [1.807, 2.05) is 19.1 Å². The Labute approximate surface area is 153 Å². The summed E-state index contributed by atoms with van der Waals surface area (Å²) in [6.45, 7) is 2.20. The summed E-state index contributed by atoms with van der Waals surface area (Å²) in [5.41, 5.74) is 2.34. The maximum atomic E-state index is 13.5. The van der Waals surface area contributed by atoms with Crippen molar-refractivity contribution in [3.8, 4) is 11.3 Å². The van der Waals surface area contributed by atoms with Gasteiger partial charge in [0.1, 0.15) is 18.0 Å². The minimum Gasteiger partial charge on any atom is -0.438 e. The van der Waals surface area contributed by atoms with E-state index in [-0.39, 0.29) is 5.82 Å². The lowest BCUT2D eigenvalue weighted by Gasteiger charge is -2.06. The Balaban J connectivity index is 1.58. The number of nitrogens with one attached hydrogen (secondary N) is 1. The average molecular weight is 369 g/mol. The maximum absolute atomic E-state index is 13.5. The van der Waals surface area contributed by atoms with Gasteiger partial charge in [0.25, 0.3) is 0 Å². The van der Waals surface area contributed by atoms with E-state index in [2.05, 4.69) is 20.3 Å². The molecule has 0 amide bonds. The molecule has 7 heteroatoms. The normalized spacial score (nSPS) is 11.0. The number of anilines is 1. The van der Waals surface area contributed by atoms with Gasteiger partial charge in [-0.1, -0.05) is 11.6 Å². The Morgan fingerprint density at radius 2 is 1.92 bits per heavy atom. The summed E-state index contributed by atoms with van der Waals surface area (Å²) in [6.07, 6.45) is 1.43. The quantitative estimate of drug-likeness (QED) is 0.549. The molecule has 0 spiro atoms. The Kier molecular flexibility index (Phi) is 4.26. The van der Waals surface area contributed by atoms with Crippen molar-refractivity contribution in [1.82, 2.24) is 15.0 Å². The predicted octanol–water partition coefficient (Wildman–Crippen LogP) is 5.00. The monoisotopic (exact) mass is 368 g/mol. The summed E-state index contributed by atoms with van der Waals surface area (Å²) in [5, 5.41) is 4.41. The highest BCUT2D eigenvalue weighted by atomic mass is 35.5. The van der Waals surface area contributed by atoms with Gasteiger partial charge in [-0.15, -0.1) is 0 Å². The molecular weight excluding hydrogens is 355 g/mol. The first-order valence-corrected chi connectivity index (χ1v) is 8.34. The van der Waals surface area contributed by atoms with Gasteiger partial charge in [0, 0.05) is 16.0 Å². The first-order valence-electron chi connectivity index (χ1n) is 7.96. The predicted molar refractivity (Wildman–Crippen MR) is 98.5 cm³/mol. The molecule has 0 saturated carbocycles. The van der Waals surface area contributed by atoms with Gasteiger partial charge in [0.2, 0.25) is 5.89 Å². The molecule has 0 bridgehead atoms. The van der Waals surface area contributed by atoms with E-state index in [0.717, 1.165) is 11.3 Å². The third-order valence-electron chi connectivity index (χ3n) is 3.95. The van der Waals surface area contributed by atoms with Crippen LogP contribution >= 0.6 is 11.6 Å². The zero-order chi connectivity index (χ0) is 18.1. The van der Waals surface area contributed by atoms with E-state index in [9.17, 15) is 4.39 Å². The van der Waals surface area contributed by atoms with Crippen molar-refractivity contribution in [2.45, 2.75) is 13.5 Å². The molecule has 4 rings (SSSR count).